The molecule has 0 atom stereocenters. The number of anilines is 3. The molecule has 1 saturated heterocycles. The Labute approximate surface area is 161 Å². The van der Waals surface area contributed by atoms with Crippen molar-refractivity contribution in [1.29, 1.82) is 0 Å². The molecule has 3 aromatic rings. The minimum atomic E-state index is -0.359. The number of carbonyl (C=O) groups excluding carboxylic acids is 1. The first kappa shape index (κ1) is 17.8. The van der Waals surface area contributed by atoms with Gasteiger partial charge < -0.3 is 15.1 Å². The molecule has 1 aromatic carbocycles. The van der Waals surface area contributed by atoms with Crippen LogP contribution in [0.25, 0.3) is 0 Å². The number of carbonyl (C=O) groups is 1. The number of pyridine rings is 1. The van der Waals surface area contributed by atoms with Crippen LogP contribution in [0.15, 0.2) is 61.1 Å². The minimum Gasteiger partial charge on any atom is -0.353 e. The second-order valence-corrected chi connectivity index (χ2v) is 6.38. The van der Waals surface area contributed by atoms with Gasteiger partial charge in [0.1, 0.15) is 29.5 Å². The third kappa shape index (κ3) is 4.06. The third-order valence-electron chi connectivity index (χ3n) is 4.56. The maximum atomic E-state index is 13.0. The molecule has 8 heteroatoms. The molecular formula is C20H19FN6O. The SMILES string of the molecule is O=C(Nc1ccc(F)cc1)c1cc(N2CCN(c3ccccn3)CC2)ncn1. The summed E-state index contributed by atoms with van der Waals surface area (Å²) in [6.07, 6.45) is 3.18. The number of benzene rings is 1. The van der Waals surface area contributed by atoms with Gasteiger partial charge in [0.15, 0.2) is 0 Å². The van der Waals surface area contributed by atoms with E-state index in [0.717, 1.165) is 32.0 Å². The summed E-state index contributed by atoms with van der Waals surface area (Å²) in [6.45, 7) is 3.18. The Hall–Kier alpha value is -3.55. The van der Waals surface area contributed by atoms with E-state index in [9.17, 15) is 9.18 Å². The molecule has 0 radical (unpaired) electrons. The fraction of sp³-hybridized carbons (Fsp3) is 0.200. The first-order valence-electron chi connectivity index (χ1n) is 8.99. The van der Waals surface area contributed by atoms with Gasteiger partial charge in [-0.15, -0.1) is 0 Å². The Balaban J connectivity index is 1.41. The summed E-state index contributed by atoms with van der Waals surface area (Å²) in [7, 11) is 0. The van der Waals surface area contributed by atoms with Gasteiger partial charge in [-0.2, -0.15) is 0 Å². The molecule has 28 heavy (non-hydrogen) atoms. The summed E-state index contributed by atoms with van der Waals surface area (Å²) < 4.78 is 13.0. The minimum absolute atomic E-state index is 0.265. The van der Waals surface area contributed by atoms with Gasteiger partial charge in [0.25, 0.3) is 5.91 Å². The highest BCUT2D eigenvalue weighted by molar-refractivity contribution is 6.03. The first-order chi connectivity index (χ1) is 13.7. The largest absolute Gasteiger partial charge is 0.353 e. The molecular weight excluding hydrogens is 359 g/mol. The van der Waals surface area contributed by atoms with Crippen LogP contribution in [-0.2, 0) is 0 Å². The molecule has 7 nitrogen and oxygen atoms in total. The van der Waals surface area contributed by atoms with Crippen LogP contribution in [0.4, 0.5) is 21.7 Å². The number of rotatable bonds is 4. The molecule has 2 aromatic heterocycles. The summed E-state index contributed by atoms with van der Waals surface area (Å²) in [4.78, 5) is 29.6. The molecule has 142 valence electrons. The molecule has 1 aliphatic rings. The van der Waals surface area contributed by atoms with Crippen molar-refractivity contribution in [3.05, 3.63) is 72.6 Å². The van der Waals surface area contributed by atoms with E-state index in [1.165, 1.54) is 30.6 Å². The maximum Gasteiger partial charge on any atom is 0.274 e. The van der Waals surface area contributed by atoms with Crippen LogP contribution in [0, 0.1) is 5.82 Å². The fourth-order valence-corrected chi connectivity index (χ4v) is 3.08. The van der Waals surface area contributed by atoms with E-state index < -0.39 is 0 Å². The number of hydrogen-bond donors (Lipinski definition) is 1. The summed E-state index contributed by atoms with van der Waals surface area (Å²) >= 11 is 0. The predicted molar refractivity (Wildman–Crippen MR) is 105 cm³/mol. The third-order valence-corrected chi connectivity index (χ3v) is 4.56. The quantitative estimate of drug-likeness (QED) is 0.752. The topological polar surface area (TPSA) is 74.2 Å². The smallest absolute Gasteiger partial charge is 0.274 e. The summed E-state index contributed by atoms with van der Waals surface area (Å²) in [5, 5.41) is 2.71. The Morgan fingerprint density at radius 1 is 0.893 bits per heavy atom. The molecule has 3 heterocycles. The number of halogens is 1. The van der Waals surface area contributed by atoms with Crippen molar-refractivity contribution in [3.63, 3.8) is 0 Å². The standard InChI is InChI=1S/C20H19FN6O/c21-15-4-6-16(7-5-15)25-20(28)17-13-19(24-14-23-17)27-11-9-26(10-12-27)18-3-1-2-8-22-18/h1-8,13-14H,9-12H2,(H,25,28). The first-order valence-corrected chi connectivity index (χ1v) is 8.99. The predicted octanol–water partition coefficient (Wildman–Crippen LogP) is 2.59. The van der Waals surface area contributed by atoms with Crippen molar-refractivity contribution in [2.45, 2.75) is 0 Å². The summed E-state index contributed by atoms with van der Waals surface area (Å²) in [6, 6.07) is 13.2. The van der Waals surface area contributed by atoms with Crippen LogP contribution in [0.1, 0.15) is 10.5 Å². The van der Waals surface area contributed by atoms with Crippen molar-refractivity contribution in [1.82, 2.24) is 15.0 Å². The lowest BCUT2D eigenvalue weighted by molar-refractivity contribution is 0.102. The van der Waals surface area contributed by atoms with Crippen LogP contribution < -0.4 is 15.1 Å². The van der Waals surface area contributed by atoms with E-state index in [2.05, 4.69) is 30.1 Å². The van der Waals surface area contributed by atoms with Gasteiger partial charge in [0, 0.05) is 44.1 Å². The zero-order valence-electron chi connectivity index (χ0n) is 15.1. The zero-order chi connectivity index (χ0) is 19.3. The molecule has 0 aliphatic carbocycles. The van der Waals surface area contributed by atoms with E-state index in [1.54, 1.807) is 12.3 Å². The number of nitrogens with one attached hydrogen (secondary N) is 1. The Morgan fingerprint density at radius 3 is 2.29 bits per heavy atom. The average molecular weight is 378 g/mol. The molecule has 4 rings (SSSR count). The Bertz CT molecular complexity index is 942. The van der Waals surface area contributed by atoms with Crippen LogP contribution in [0.3, 0.4) is 0 Å². The van der Waals surface area contributed by atoms with E-state index in [4.69, 9.17) is 0 Å². The Morgan fingerprint density at radius 2 is 1.61 bits per heavy atom. The van der Waals surface area contributed by atoms with Gasteiger partial charge >= 0.3 is 0 Å². The van der Waals surface area contributed by atoms with Crippen molar-refractivity contribution in [3.8, 4) is 0 Å². The van der Waals surface area contributed by atoms with E-state index in [-0.39, 0.29) is 17.4 Å². The monoisotopic (exact) mass is 378 g/mol. The molecule has 1 N–H and O–H groups in total. The van der Waals surface area contributed by atoms with Crippen LogP contribution in [-0.4, -0.2) is 47.0 Å². The maximum absolute atomic E-state index is 13.0. The summed E-state index contributed by atoms with van der Waals surface area (Å²) in [5.41, 5.74) is 0.775. The highest BCUT2D eigenvalue weighted by atomic mass is 19.1. The van der Waals surface area contributed by atoms with Gasteiger partial charge in [-0.1, -0.05) is 6.07 Å². The van der Waals surface area contributed by atoms with Crippen LogP contribution in [0.5, 0.6) is 0 Å². The zero-order valence-corrected chi connectivity index (χ0v) is 15.1. The lowest BCUT2D eigenvalue weighted by Gasteiger charge is -2.36. The van der Waals surface area contributed by atoms with Gasteiger partial charge in [-0.3, -0.25) is 4.79 Å². The molecule has 0 unspecified atom stereocenters. The summed E-state index contributed by atoms with van der Waals surface area (Å²) in [5.74, 6) is 0.957. The van der Waals surface area contributed by atoms with Crippen LogP contribution in [0.2, 0.25) is 0 Å². The van der Waals surface area contributed by atoms with Crippen LogP contribution >= 0.6 is 0 Å². The van der Waals surface area contributed by atoms with E-state index in [1.807, 2.05) is 18.2 Å². The lowest BCUT2D eigenvalue weighted by atomic mass is 10.2. The van der Waals surface area contributed by atoms with Crippen molar-refractivity contribution >= 4 is 23.2 Å². The lowest BCUT2D eigenvalue weighted by Crippen LogP contribution is -2.47. The van der Waals surface area contributed by atoms with Gasteiger partial charge in [0.2, 0.25) is 0 Å². The Kier molecular flexibility index (Phi) is 5.09. The number of amides is 1. The molecule has 1 aliphatic heterocycles. The molecule has 0 spiro atoms. The molecule has 1 fully saturated rings. The van der Waals surface area contributed by atoms with E-state index in [0.29, 0.717) is 11.5 Å². The highest BCUT2D eigenvalue weighted by Gasteiger charge is 2.20. The van der Waals surface area contributed by atoms with Gasteiger partial charge in [0.05, 0.1) is 0 Å². The highest BCUT2D eigenvalue weighted by Crippen LogP contribution is 2.18. The molecule has 0 saturated carbocycles. The average Bonchev–Trinajstić information content (AvgIpc) is 2.76. The normalized spacial score (nSPS) is 14.0. The second kappa shape index (κ2) is 7.99. The fourth-order valence-electron chi connectivity index (χ4n) is 3.08. The van der Waals surface area contributed by atoms with Crippen molar-refractivity contribution in [2.24, 2.45) is 0 Å². The van der Waals surface area contributed by atoms with E-state index >= 15 is 0 Å². The second-order valence-electron chi connectivity index (χ2n) is 6.38. The number of aromatic nitrogens is 3. The molecule has 0 bridgehead atoms. The van der Waals surface area contributed by atoms with Gasteiger partial charge in [-0.05, 0) is 36.4 Å². The number of nitrogens with zero attached hydrogens (tertiary/aromatic N) is 5. The van der Waals surface area contributed by atoms with Gasteiger partial charge in [-0.25, -0.2) is 19.3 Å². The number of hydrogen-bond acceptors (Lipinski definition) is 6. The van der Waals surface area contributed by atoms with Crippen molar-refractivity contribution in [2.75, 3.05) is 41.3 Å². The number of piperazine rings is 1. The van der Waals surface area contributed by atoms with Crippen molar-refractivity contribution < 1.29 is 9.18 Å². The molecule has 1 amide bonds.